The summed E-state index contributed by atoms with van der Waals surface area (Å²) in [5, 5.41) is 20.3. The molecule has 5 aliphatic rings. The van der Waals surface area contributed by atoms with Crippen LogP contribution in [0.2, 0.25) is 0 Å². The number of aliphatic hydroxyl groups is 1. The van der Waals surface area contributed by atoms with Crippen LogP contribution >= 0.6 is 0 Å². The van der Waals surface area contributed by atoms with Crippen LogP contribution in [0.15, 0.2) is 23.8 Å². The van der Waals surface area contributed by atoms with Crippen molar-refractivity contribution in [3.63, 3.8) is 0 Å². The van der Waals surface area contributed by atoms with Gasteiger partial charge in [-0.15, -0.1) is 0 Å². The Kier molecular flexibility index (Phi) is 5.60. The van der Waals surface area contributed by atoms with E-state index in [1.807, 2.05) is 0 Å². The fraction of sp³-hybridized carbons (Fsp3) is 0.867. The third-order valence-electron chi connectivity index (χ3n) is 12.7. The number of fused-ring (bicyclic) bond motifs is 2. The normalized spacial score (nSPS) is 50.7. The maximum absolute atomic E-state index is 10.9. The van der Waals surface area contributed by atoms with Crippen LogP contribution < -0.4 is 0 Å². The molecule has 1 unspecified atom stereocenters. The number of hydrogen-bond donors (Lipinski definition) is 2. The zero-order chi connectivity index (χ0) is 23.9. The largest absolute Gasteiger partial charge is 0.393 e. The van der Waals surface area contributed by atoms with E-state index in [0.29, 0.717) is 40.1 Å². The van der Waals surface area contributed by atoms with Crippen LogP contribution in [0.1, 0.15) is 99.3 Å². The van der Waals surface area contributed by atoms with Gasteiger partial charge >= 0.3 is 0 Å². The van der Waals surface area contributed by atoms with Crippen LogP contribution in [0.3, 0.4) is 0 Å². The Labute approximate surface area is 202 Å². The molecule has 0 aromatic heterocycles. The van der Waals surface area contributed by atoms with Crippen molar-refractivity contribution >= 4 is 0 Å². The lowest BCUT2D eigenvalue weighted by Crippen LogP contribution is -2.57. The summed E-state index contributed by atoms with van der Waals surface area (Å²) >= 11 is 0. The van der Waals surface area contributed by atoms with Crippen molar-refractivity contribution in [1.29, 1.82) is 0 Å². The highest BCUT2D eigenvalue weighted by atomic mass is 17.1. The second kappa shape index (κ2) is 7.68. The summed E-state index contributed by atoms with van der Waals surface area (Å²) in [4.78, 5) is 4.77. The van der Waals surface area contributed by atoms with Crippen LogP contribution in [0.25, 0.3) is 0 Å². The Morgan fingerprint density at radius 1 is 0.909 bits per heavy atom. The molecule has 9 atom stereocenters. The Morgan fingerprint density at radius 2 is 1.61 bits per heavy atom. The molecule has 2 spiro atoms. The second-order valence-corrected chi connectivity index (χ2v) is 14.1. The minimum absolute atomic E-state index is 0.0614. The highest BCUT2D eigenvalue weighted by molar-refractivity contribution is 5.31. The highest BCUT2D eigenvalue weighted by Gasteiger charge is 2.82. The highest BCUT2D eigenvalue weighted by Crippen LogP contribution is 2.89. The maximum atomic E-state index is 10.9. The topological polar surface area (TPSA) is 49.7 Å². The molecule has 5 fully saturated rings. The van der Waals surface area contributed by atoms with E-state index in [0.717, 1.165) is 12.3 Å². The molecule has 0 heterocycles. The lowest BCUT2D eigenvalue weighted by Gasteiger charge is -2.63. The van der Waals surface area contributed by atoms with Gasteiger partial charge in [0.25, 0.3) is 0 Å². The van der Waals surface area contributed by atoms with E-state index in [1.54, 1.807) is 0 Å². The Balaban J connectivity index is 1.45. The van der Waals surface area contributed by atoms with E-state index in [4.69, 9.17) is 4.89 Å². The summed E-state index contributed by atoms with van der Waals surface area (Å²) in [6.07, 6.45) is 18.1. The van der Waals surface area contributed by atoms with Gasteiger partial charge in [0.1, 0.15) is 0 Å². The molecular formula is C30H48O3. The number of aliphatic hydroxyl groups excluding tert-OH is 1. The molecule has 5 saturated carbocycles. The molecule has 0 aromatic carbocycles. The first-order valence-electron chi connectivity index (χ1n) is 13.7. The standard InChI is InChI=1S/C30H48O3/c1-20(2)8-7-9-21(18-33-32)22-12-14-28(6)24-11-10-23-26(3,4)25(31)13-15-29(23)19-30(24,29)17-16-27(22,28)5/h7-9,21-25,31-32H,10-19H2,1-6H3/b9-7-/t21?,22-,23+,24+,25+,27-,28+,29-,30+/m1/s1. The second-order valence-electron chi connectivity index (χ2n) is 14.1. The van der Waals surface area contributed by atoms with Crippen molar-refractivity contribution < 1.29 is 15.3 Å². The quantitative estimate of drug-likeness (QED) is 0.257. The van der Waals surface area contributed by atoms with Gasteiger partial charge in [0.2, 0.25) is 0 Å². The summed E-state index contributed by atoms with van der Waals surface area (Å²) in [6, 6.07) is 0. The SMILES string of the molecule is CC(C)=C/C=C\C(COO)[C@H]1CC[C@@]2(C)[C@@H]3CC[C@H]4C(C)(C)[C@@H](O)CC[C@@]45C[C@@]35CC[C@]12C. The van der Waals surface area contributed by atoms with E-state index in [2.05, 4.69) is 59.8 Å². The summed E-state index contributed by atoms with van der Waals surface area (Å²) in [7, 11) is 0. The van der Waals surface area contributed by atoms with Crippen molar-refractivity contribution in [2.45, 2.75) is 105 Å². The Morgan fingerprint density at radius 3 is 2.30 bits per heavy atom. The van der Waals surface area contributed by atoms with Gasteiger partial charge < -0.3 is 5.11 Å². The van der Waals surface area contributed by atoms with Gasteiger partial charge in [0.05, 0.1) is 12.7 Å². The predicted molar refractivity (Wildman–Crippen MR) is 134 cm³/mol. The van der Waals surface area contributed by atoms with Gasteiger partial charge in [-0.2, -0.15) is 0 Å². The molecule has 3 nitrogen and oxygen atoms in total. The zero-order valence-electron chi connectivity index (χ0n) is 22.0. The average Bonchev–Trinajstić information content (AvgIpc) is 3.33. The van der Waals surface area contributed by atoms with Crippen LogP contribution in [0.5, 0.6) is 0 Å². The van der Waals surface area contributed by atoms with E-state index in [9.17, 15) is 10.4 Å². The van der Waals surface area contributed by atoms with E-state index in [1.165, 1.54) is 56.9 Å². The molecule has 33 heavy (non-hydrogen) atoms. The third kappa shape index (κ3) is 3.04. The van der Waals surface area contributed by atoms with E-state index < -0.39 is 0 Å². The Bertz CT molecular complexity index is 839. The number of allylic oxidation sites excluding steroid dienone is 3. The molecule has 0 aliphatic heterocycles. The van der Waals surface area contributed by atoms with Gasteiger partial charge in [0.15, 0.2) is 0 Å². The zero-order valence-corrected chi connectivity index (χ0v) is 22.0. The molecule has 0 aromatic rings. The van der Waals surface area contributed by atoms with Crippen LogP contribution in [-0.2, 0) is 4.89 Å². The fourth-order valence-electron chi connectivity index (χ4n) is 10.9. The minimum atomic E-state index is -0.130. The van der Waals surface area contributed by atoms with Gasteiger partial charge in [-0.1, -0.05) is 51.5 Å². The van der Waals surface area contributed by atoms with E-state index in [-0.39, 0.29) is 17.4 Å². The van der Waals surface area contributed by atoms with Gasteiger partial charge in [0, 0.05) is 5.92 Å². The van der Waals surface area contributed by atoms with Crippen molar-refractivity contribution in [3.8, 4) is 0 Å². The molecular weight excluding hydrogens is 408 g/mol. The van der Waals surface area contributed by atoms with Crippen LogP contribution in [0.4, 0.5) is 0 Å². The average molecular weight is 457 g/mol. The Hall–Kier alpha value is -0.640. The first-order valence-corrected chi connectivity index (χ1v) is 13.7. The number of rotatable bonds is 5. The molecule has 5 aliphatic carbocycles. The fourth-order valence-corrected chi connectivity index (χ4v) is 10.9. The lowest BCUT2D eigenvalue weighted by molar-refractivity contribution is -0.254. The molecule has 0 radical (unpaired) electrons. The monoisotopic (exact) mass is 456 g/mol. The molecule has 0 bridgehead atoms. The molecule has 3 heteroatoms. The molecule has 0 saturated heterocycles. The molecule has 0 amide bonds. The maximum Gasteiger partial charge on any atom is 0.0885 e. The van der Waals surface area contributed by atoms with Gasteiger partial charge in [-0.25, -0.2) is 4.89 Å². The molecule has 186 valence electrons. The summed E-state index contributed by atoms with van der Waals surface area (Å²) in [5.74, 6) is 2.33. The van der Waals surface area contributed by atoms with Crippen molar-refractivity contribution in [3.05, 3.63) is 23.8 Å². The van der Waals surface area contributed by atoms with Crippen molar-refractivity contribution in [1.82, 2.24) is 0 Å². The smallest absolute Gasteiger partial charge is 0.0885 e. The first-order chi connectivity index (χ1) is 15.5. The lowest BCUT2D eigenvalue weighted by atomic mass is 9.42. The molecule has 5 rings (SSSR count). The molecule has 2 N–H and O–H groups in total. The summed E-state index contributed by atoms with van der Waals surface area (Å²) < 4.78 is 0. The first kappa shape index (κ1) is 24.1. The predicted octanol–water partition coefficient (Wildman–Crippen LogP) is 7.41. The van der Waals surface area contributed by atoms with Gasteiger partial charge in [-0.05, 0) is 116 Å². The number of hydrogen-bond acceptors (Lipinski definition) is 3. The van der Waals surface area contributed by atoms with Crippen LogP contribution in [-0.4, -0.2) is 23.1 Å². The van der Waals surface area contributed by atoms with Crippen molar-refractivity contribution in [2.24, 2.45) is 50.7 Å². The van der Waals surface area contributed by atoms with E-state index >= 15 is 0 Å². The van der Waals surface area contributed by atoms with Gasteiger partial charge in [-0.3, -0.25) is 5.26 Å². The summed E-state index contributed by atoms with van der Waals surface area (Å²) in [5.41, 5.74) is 3.04. The summed E-state index contributed by atoms with van der Waals surface area (Å²) in [6.45, 7) is 14.6. The van der Waals surface area contributed by atoms with Crippen LogP contribution in [0, 0.1) is 50.7 Å². The van der Waals surface area contributed by atoms with Crippen molar-refractivity contribution in [2.75, 3.05) is 6.61 Å². The third-order valence-corrected chi connectivity index (χ3v) is 12.7. The minimum Gasteiger partial charge on any atom is -0.393 e.